The average molecular weight is 334 g/mol. The van der Waals surface area contributed by atoms with Gasteiger partial charge in [0.2, 0.25) is 0 Å². The molecule has 0 N–H and O–H groups in total. The maximum absolute atomic E-state index is 8.83. The number of halogens is 1. The molecule has 4 heteroatoms. The number of aromatic nitrogens is 1. The topological polar surface area (TPSA) is 41.1 Å². The van der Waals surface area contributed by atoms with Crippen LogP contribution in [0.15, 0.2) is 59.6 Å². The van der Waals surface area contributed by atoms with Crippen molar-refractivity contribution in [1.29, 1.82) is 5.26 Å². The van der Waals surface area contributed by atoms with Crippen molar-refractivity contribution in [1.82, 2.24) is 4.57 Å². The summed E-state index contributed by atoms with van der Waals surface area (Å²) in [5.74, 6) is 0. The Hall–Kier alpha value is -2.83. The van der Waals surface area contributed by atoms with Crippen LogP contribution in [0.3, 0.4) is 0 Å². The van der Waals surface area contributed by atoms with Gasteiger partial charge in [0.05, 0.1) is 17.3 Å². The van der Waals surface area contributed by atoms with E-state index in [1.165, 1.54) is 0 Å². The molecule has 0 aliphatic rings. The van der Waals surface area contributed by atoms with Crippen molar-refractivity contribution in [3.63, 3.8) is 0 Å². The van der Waals surface area contributed by atoms with Crippen LogP contribution in [0.1, 0.15) is 22.5 Å². The standard InChI is InChI=1S/C20H16ClN3/c1-14-11-17(13-23-19-7-3-16(12-22)4-8-19)15(2)24(14)20-9-5-18(21)6-10-20/h3-11,13H,1-2H3. The van der Waals surface area contributed by atoms with Gasteiger partial charge in [-0.15, -0.1) is 0 Å². The highest BCUT2D eigenvalue weighted by Gasteiger charge is 2.09. The zero-order chi connectivity index (χ0) is 17.1. The molecule has 0 bridgehead atoms. The Morgan fingerprint density at radius 1 is 1.04 bits per heavy atom. The molecule has 0 saturated carbocycles. The fourth-order valence-corrected chi connectivity index (χ4v) is 2.80. The van der Waals surface area contributed by atoms with E-state index in [1.54, 1.807) is 12.1 Å². The van der Waals surface area contributed by atoms with E-state index in [0.717, 1.165) is 33.3 Å². The lowest BCUT2D eigenvalue weighted by Crippen LogP contribution is -1.99. The highest BCUT2D eigenvalue weighted by molar-refractivity contribution is 6.30. The number of hydrogen-bond acceptors (Lipinski definition) is 2. The van der Waals surface area contributed by atoms with Gasteiger partial charge in [0.1, 0.15) is 0 Å². The van der Waals surface area contributed by atoms with Gasteiger partial charge in [-0.05, 0) is 68.4 Å². The summed E-state index contributed by atoms with van der Waals surface area (Å²) < 4.78 is 2.18. The molecule has 0 atom stereocenters. The Bertz CT molecular complexity index is 927. The Labute approximate surface area is 146 Å². The third kappa shape index (κ3) is 3.24. The SMILES string of the molecule is Cc1cc(C=Nc2ccc(C#N)cc2)c(C)n1-c1ccc(Cl)cc1. The molecule has 118 valence electrons. The van der Waals surface area contributed by atoms with Gasteiger partial charge in [0.15, 0.2) is 0 Å². The maximum Gasteiger partial charge on any atom is 0.0991 e. The minimum absolute atomic E-state index is 0.634. The van der Waals surface area contributed by atoms with Crippen LogP contribution in [-0.4, -0.2) is 10.8 Å². The zero-order valence-corrected chi connectivity index (χ0v) is 14.2. The smallest absolute Gasteiger partial charge is 0.0991 e. The summed E-state index contributed by atoms with van der Waals surface area (Å²) in [6.07, 6.45) is 1.86. The largest absolute Gasteiger partial charge is 0.318 e. The van der Waals surface area contributed by atoms with Crippen LogP contribution in [0, 0.1) is 25.2 Å². The van der Waals surface area contributed by atoms with Gasteiger partial charge in [-0.25, -0.2) is 0 Å². The van der Waals surface area contributed by atoms with Crippen molar-refractivity contribution in [3.05, 3.63) is 82.1 Å². The van der Waals surface area contributed by atoms with Crippen LogP contribution >= 0.6 is 11.6 Å². The molecule has 0 radical (unpaired) electrons. The van der Waals surface area contributed by atoms with Crippen LogP contribution < -0.4 is 0 Å². The number of hydrogen-bond donors (Lipinski definition) is 0. The van der Waals surface area contributed by atoms with Gasteiger partial charge < -0.3 is 4.57 Å². The van der Waals surface area contributed by atoms with Crippen molar-refractivity contribution in [2.24, 2.45) is 4.99 Å². The molecular weight excluding hydrogens is 318 g/mol. The predicted molar refractivity (Wildman–Crippen MR) is 98.7 cm³/mol. The van der Waals surface area contributed by atoms with Gasteiger partial charge in [0.25, 0.3) is 0 Å². The molecule has 0 saturated heterocycles. The van der Waals surface area contributed by atoms with E-state index in [1.807, 2.05) is 42.6 Å². The molecule has 2 aromatic carbocycles. The molecule has 3 rings (SSSR count). The first kappa shape index (κ1) is 16.0. The van der Waals surface area contributed by atoms with E-state index in [4.69, 9.17) is 16.9 Å². The second-order valence-corrected chi connectivity index (χ2v) is 5.99. The Morgan fingerprint density at radius 3 is 2.33 bits per heavy atom. The highest BCUT2D eigenvalue weighted by Crippen LogP contribution is 2.22. The van der Waals surface area contributed by atoms with Crippen molar-refractivity contribution in [2.45, 2.75) is 13.8 Å². The van der Waals surface area contributed by atoms with E-state index in [2.05, 4.69) is 35.5 Å². The highest BCUT2D eigenvalue weighted by atomic mass is 35.5. The fraction of sp³-hybridized carbons (Fsp3) is 0.100. The summed E-state index contributed by atoms with van der Waals surface area (Å²) in [6, 6.07) is 19.2. The van der Waals surface area contributed by atoms with E-state index in [-0.39, 0.29) is 0 Å². The Balaban J connectivity index is 1.92. The lowest BCUT2D eigenvalue weighted by Gasteiger charge is -2.09. The number of nitriles is 1. The molecule has 0 aliphatic carbocycles. The molecule has 0 fully saturated rings. The average Bonchev–Trinajstić information content (AvgIpc) is 2.88. The Kier molecular flexibility index (Phi) is 4.50. The summed E-state index contributed by atoms with van der Waals surface area (Å²) >= 11 is 5.97. The lowest BCUT2D eigenvalue weighted by molar-refractivity contribution is 0.965. The third-order valence-electron chi connectivity index (χ3n) is 3.90. The van der Waals surface area contributed by atoms with Crippen LogP contribution in [-0.2, 0) is 0 Å². The third-order valence-corrected chi connectivity index (χ3v) is 4.16. The van der Waals surface area contributed by atoms with Crippen molar-refractivity contribution in [2.75, 3.05) is 0 Å². The summed E-state index contributed by atoms with van der Waals surface area (Å²) in [5, 5.41) is 9.56. The number of aliphatic imine (C=N–C) groups is 1. The number of benzene rings is 2. The first-order chi connectivity index (χ1) is 11.6. The zero-order valence-electron chi connectivity index (χ0n) is 13.5. The van der Waals surface area contributed by atoms with Gasteiger partial charge in [-0.2, -0.15) is 5.26 Å². The van der Waals surface area contributed by atoms with E-state index in [9.17, 15) is 0 Å². The summed E-state index contributed by atoms with van der Waals surface area (Å²) in [6.45, 7) is 4.14. The minimum Gasteiger partial charge on any atom is -0.318 e. The Morgan fingerprint density at radius 2 is 1.71 bits per heavy atom. The summed E-state index contributed by atoms with van der Waals surface area (Å²) in [4.78, 5) is 4.51. The number of rotatable bonds is 3. The minimum atomic E-state index is 0.634. The second-order valence-electron chi connectivity index (χ2n) is 5.56. The van der Waals surface area contributed by atoms with Gasteiger partial charge in [0, 0.05) is 33.9 Å². The monoisotopic (exact) mass is 333 g/mol. The molecule has 0 spiro atoms. The molecule has 24 heavy (non-hydrogen) atoms. The molecular formula is C20H16ClN3. The number of aryl methyl sites for hydroxylation is 1. The molecule has 1 heterocycles. The summed E-state index contributed by atoms with van der Waals surface area (Å²) in [7, 11) is 0. The van der Waals surface area contributed by atoms with Gasteiger partial charge in [-0.1, -0.05) is 11.6 Å². The quantitative estimate of drug-likeness (QED) is 0.594. The normalized spacial score (nSPS) is 10.9. The lowest BCUT2D eigenvalue weighted by atomic mass is 10.2. The maximum atomic E-state index is 8.83. The van der Waals surface area contributed by atoms with Crippen LogP contribution in [0.4, 0.5) is 5.69 Å². The predicted octanol–water partition coefficient (Wildman–Crippen LogP) is 5.37. The van der Waals surface area contributed by atoms with Crippen LogP contribution in [0.5, 0.6) is 0 Å². The van der Waals surface area contributed by atoms with Crippen molar-refractivity contribution in [3.8, 4) is 11.8 Å². The first-order valence-electron chi connectivity index (χ1n) is 7.57. The molecule has 0 amide bonds. The molecule has 1 aromatic heterocycles. The molecule has 0 aliphatic heterocycles. The molecule has 0 unspecified atom stereocenters. The van der Waals surface area contributed by atoms with Gasteiger partial charge >= 0.3 is 0 Å². The van der Waals surface area contributed by atoms with Crippen LogP contribution in [0.2, 0.25) is 5.02 Å². The number of nitrogens with zero attached hydrogens (tertiary/aromatic N) is 3. The fourth-order valence-electron chi connectivity index (χ4n) is 2.67. The molecule has 3 aromatic rings. The van der Waals surface area contributed by atoms with Crippen LogP contribution in [0.25, 0.3) is 5.69 Å². The second kappa shape index (κ2) is 6.74. The van der Waals surface area contributed by atoms with Crippen molar-refractivity contribution >= 4 is 23.5 Å². The molecule has 3 nitrogen and oxygen atoms in total. The van der Waals surface area contributed by atoms with E-state index >= 15 is 0 Å². The first-order valence-corrected chi connectivity index (χ1v) is 7.95. The van der Waals surface area contributed by atoms with E-state index in [0.29, 0.717) is 5.56 Å². The van der Waals surface area contributed by atoms with E-state index < -0.39 is 0 Å². The summed E-state index contributed by atoms with van der Waals surface area (Å²) in [5.41, 5.74) is 5.85. The van der Waals surface area contributed by atoms with Gasteiger partial charge in [-0.3, -0.25) is 4.99 Å². The van der Waals surface area contributed by atoms with Crippen molar-refractivity contribution < 1.29 is 0 Å².